The van der Waals surface area contributed by atoms with E-state index in [0.717, 1.165) is 16.7 Å². The third-order valence-electron chi connectivity index (χ3n) is 2.49. The lowest BCUT2D eigenvalue weighted by molar-refractivity contribution is 0.398. The second-order valence-corrected chi connectivity index (χ2v) is 3.58. The number of rotatable bonds is 2. The first-order valence-corrected chi connectivity index (χ1v) is 5.23. The Bertz CT molecular complexity index is 611. The van der Waals surface area contributed by atoms with Crippen LogP contribution in [0.15, 0.2) is 47.0 Å². The smallest absolute Gasteiger partial charge is 0.228 e. The van der Waals surface area contributed by atoms with Gasteiger partial charge in [-0.3, -0.25) is 0 Å². The van der Waals surface area contributed by atoms with Gasteiger partial charge >= 0.3 is 0 Å². The van der Waals surface area contributed by atoms with Crippen LogP contribution in [0.25, 0.3) is 22.6 Å². The molecule has 3 aromatic rings. The Labute approximate surface area is 97.9 Å². The van der Waals surface area contributed by atoms with Gasteiger partial charge in [0.15, 0.2) is 5.58 Å². The van der Waals surface area contributed by atoms with Gasteiger partial charge in [0, 0.05) is 12.3 Å². The van der Waals surface area contributed by atoms with Crippen molar-refractivity contribution in [2.24, 2.45) is 0 Å². The normalized spacial score (nSPS) is 10.6. The van der Waals surface area contributed by atoms with Gasteiger partial charge in [0.25, 0.3) is 0 Å². The van der Waals surface area contributed by atoms with Gasteiger partial charge in [0.1, 0.15) is 5.52 Å². The van der Waals surface area contributed by atoms with Gasteiger partial charge in [-0.1, -0.05) is 12.1 Å². The number of aromatic nitrogens is 2. The molecule has 4 nitrogen and oxygen atoms in total. The fraction of sp³-hybridized carbons (Fsp3) is 0.0769. The molecule has 0 atom stereocenters. The molecule has 3 rings (SSSR count). The monoisotopic (exact) mass is 226 g/mol. The molecular formula is C13H10N2O2. The maximum atomic E-state index is 5.64. The first-order chi connectivity index (χ1) is 8.36. The molecule has 0 aliphatic carbocycles. The molecule has 0 spiro atoms. The standard InChI is InChI=1S/C13H10N2O2/c1-16-12-7-6-9(8-14-12)13-15-10-4-2-3-5-11(10)17-13/h2-8H,1H3. The molecule has 0 saturated carbocycles. The predicted molar refractivity (Wildman–Crippen MR) is 63.8 cm³/mol. The second kappa shape index (κ2) is 3.90. The fourth-order valence-electron chi connectivity index (χ4n) is 1.62. The summed E-state index contributed by atoms with van der Waals surface area (Å²) in [5, 5.41) is 0. The third-order valence-corrected chi connectivity index (χ3v) is 2.49. The first kappa shape index (κ1) is 9.84. The molecule has 17 heavy (non-hydrogen) atoms. The SMILES string of the molecule is COc1ccc(-c2nc3ccccc3o2)cn1. The highest BCUT2D eigenvalue weighted by Crippen LogP contribution is 2.24. The Morgan fingerprint density at radius 2 is 2.00 bits per heavy atom. The largest absolute Gasteiger partial charge is 0.481 e. The summed E-state index contributed by atoms with van der Waals surface area (Å²) in [4.78, 5) is 8.51. The molecular weight excluding hydrogens is 216 g/mol. The zero-order valence-electron chi connectivity index (χ0n) is 9.25. The van der Waals surface area contributed by atoms with E-state index in [2.05, 4.69) is 9.97 Å². The molecule has 4 heteroatoms. The quantitative estimate of drug-likeness (QED) is 0.674. The second-order valence-electron chi connectivity index (χ2n) is 3.58. The Balaban J connectivity index is 2.07. The van der Waals surface area contributed by atoms with Crippen molar-refractivity contribution >= 4 is 11.1 Å². The van der Waals surface area contributed by atoms with Crippen LogP contribution < -0.4 is 4.74 Å². The molecule has 0 radical (unpaired) electrons. The summed E-state index contributed by atoms with van der Waals surface area (Å²) < 4.78 is 10.6. The minimum atomic E-state index is 0.571. The topological polar surface area (TPSA) is 48.2 Å². The predicted octanol–water partition coefficient (Wildman–Crippen LogP) is 2.90. The lowest BCUT2D eigenvalue weighted by Gasteiger charge is -1.98. The van der Waals surface area contributed by atoms with E-state index in [-0.39, 0.29) is 0 Å². The number of nitrogens with zero attached hydrogens (tertiary/aromatic N) is 2. The van der Waals surface area contributed by atoms with Crippen LogP contribution in [0.4, 0.5) is 0 Å². The van der Waals surface area contributed by atoms with E-state index >= 15 is 0 Å². The Hall–Kier alpha value is -2.36. The summed E-state index contributed by atoms with van der Waals surface area (Å²) in [6, 6.07) is 11.3. The maximum Gasteiger partial charge on any atom is 0.228 e. The van der Waals surface area contributed by atoms with Crippen molar-refractivity contribution in [1.82, 2.24) is 9.97 Å². The van der Waals surface area contributed by atoms with E-state index in [1.54, 1.807) is 19.4 Å². The van der Waals surface area contributed by atoms with E-state index in [9.17, 15) is 0 Å². The molecule has 0 aliphatic heterocycles. The van der Waals surface area contributed by atoms with Crippen LogP contribution in [0.3, 0.4) is 0 Å². The molecule has 1 aromatic carbocycles. The van der Waals surface area contributed by atoms with Crippen molar-refractivity contribution in [2.45, 2.75) is 0 Å². The maximum absolute atomic E-state index is 5.64. The average molecular weight is 226 g/mol. The van der Waals surface area contributed by atoms with Gasteiger partial charge in [-0.25, -0.2) is 9.97 Å². The minimum Gasteiger partial charge on any atom is -0.481 e. The highest BCUT2D eigenvalue weighted by atomic mass is 16.5. The van der Waals surface area contributed by atoms with Gasteiger partial charge < -0.3 is 9.15 Å². The number of hydrogen-bond acceptors (Lipinski definition) is 4. The van der Waals surface area contributed by atoms with Gasteiger partial charge in [-0.15, -0.1) is 0 Å². The zero-order valence-corrected chi connectivity index (χ0v) is 9.25. The zero-order chi connectivity index (χ0) is 11.7. The Kier molecular flexibility index (Phi) is 2.26. The summed E-state index contributed by atoms with van der Waals surface area (Å²) in [6.07, 6.45) is 1.68. The lowest BCUT2D eigenvalue weighted by atomic mass is 10.3. The van der Waals surface area contributed by atoms with Crippen LogP contribution in [0.2, 0.25) is 0 Å². The number of oxazole rings is 1. The summed E-state index contributed by atoms with van der Waals surface area (Å²) >= 11 is 0. The van der Waals surface area contributed by atoms with Crippen molar-refractivity contribution < 1.29 is 9.15 Å². The molecule has 0 amide bonds. The van der Waals surface area contributed by atoms with E-state index < -0.39 is 0 Å². The molecule has 0 aliphatic rings. The minimum absolute atomic E-state index is 0.571. The number of para-hydroxylation sites is 2. The van der Waals surface area contributed by atoms with Gasteiger partial charge in [-0.2, -0.15) is 0 Å². The molecule has 0 saturated heterocycles. The van der Waals surface area contributed by atoms with Crippen molar-refractivity contribution in [1.29, 1.82) is 0 Å². The van der Waals surface area contributed by atoms with E-state index in [1.807, 2.05) is 30.3 Å². The van der Waals surface area contributed by atoms with Gasteiger partial charge in [0.2, 0.25) is 11.8 Å². The molecule has 2 heterocycles. The van der Waals surface area contributed by atoms with Gasteiger partial charge in [-0.05, 0) is 18.2 Å². The Morgan fingerprint density at radius 3 is 2.71 bits per heavy atom. The molecule has 84 valence electrons. The number of benzene rings is 1. The molecule has 0 fully saturated rings. The summed E-state index contributed by atoms with van der Waals surface area (Å²) in [6.45, 7) is 0. The van der Waals surface area contributed by atoms with Crippen LogP contribution in [0, 0.1) is 0 Å². The van der Waals surface area contributed by atoms with Crippen LogP contribution in [0.1, 0.15) is 0 Å². The first-order valence-electron chi connectivity index (χ1n) is 5.23. The summed E-state index contributed by atoms with van der Waals surface area (Å²) in [5.41, 5.74) is 2.46. The number of ether oxygens (including phenoxy) is 1. The highest BCUT2D eigenvalue weighted by Gasteiger charge is 2.07. The van der Waals surface area contributed by atoms with E-state index in [4.69, 9.17) is 9.15 Å². The Morgan fingerprint density at radius 1 is 1.12 bits per heavy atom. The van der Waals surface area contributed by atoms with Gasteiger partial charge in [0.05, 0.1) is 12.7 Å². The van der Waals surface area contributed by atoms with Crippen molar-refractivity contribution in [3.05, 3.63) is 42.6 Å². The molecule has 0 bridgehead atoms. The fourth-order valence-corrected chi connectivity index (χ4v) is 1.62. The van der Waals surface area contributed by atoms with Crippen molar-refractivity contribution in [2.75, 3.05) is 7.11 Å². The summed E-state index contributed by atoms with van der Waals surface area (Å²) in [7, 11) is 1.58. The number of fused-ring (bicyclic) bond motifs is 1. The average Bonchev–Trinajstić information content (AvgIpc) is 2.82. The highest BCUT2D eigenvalue weighted by molar-refractivity contribution is 5.75. The number of pyridine rings is 1. The third kappa shape index (κ3) is 1.73. The molecule has 0 unspecified atom stereocenters. The van der Waals surface area contributed by atoms with Crippen LogP contribution in [0.5, 0.6) is 5.88 Å². The van der Waals surface area contributed by atoms with Crippen molar-refractivity contribution in [3.63, 3.8) is 0 Å². The van der Waals surface area contributed by atoms with Crippen LogP contribution >= 0.6 is 0 Å². The summed E-state index contributed by atoms with van der Waals surface area (Å²) in [5.74, 6) is 1.14. The van der Waals surface area contributed by atoms with Crippen molar-refractivity contribution in [3.8, 4) is 17.3 Å². The number of methoxy groups -OCH3 is 1. The lowest BCUT2D eigenvalue weighted by Crippen LogP contribution is -1.86. The molecule has 2 aromatic heterocycles. The number of hydrogen-bond donors (Lipinski definition) is 0. The van der Waals surface area contributed by atoms with E-state index in [0.29, 0.717) is 11.8 Å². The van der Waals surface area contributed by atoms with Crippen LogP contribution in [-0.4, -0.2) is 17.1 Å². The van der Waals surface area contributed by atoms with Crippen LogP contribution in [-0.2, 0) is 0 Å². The molecule has 0 N–H and O–H groups in total. The van der Waals surface area contributed by atoms with E-state index in [1.165, 1.54) is 0 Å².